The van der Waals surface area contributed by atoms with E-state index in [0.717, 1.165) is 10.0 Å². The molecule has 0 unspecified atom stereocenters. The Kier molecular flexibility index (Phi) is 7.17. The molecule has 0 aliphatic carbocycles. The van der Waals surface area contributed by atoms with Crippen LogP contribution in [-0.2, 0) is 6.61 Å². The zero-order valence-corrected chi connectivity index (χ0v) is 21.0. The highest BCUT2D eigenvalue weighted by Crippen LogP contribution is 2.24. The van der Waals surface area contributed by atoms with Gasteiger partial charge in [0.25, 0.3) is 5.56 Å². The van der Waals surface area contributed by atoms with Gasteiger partial charge in [-0.1, -0.05) is 65.1 Å². The molecule has 1 aromatic heterocycles. The van der Waals surface area contributed by atoms with E-state index in [1.807, 2.05) is 50.2 Å². The minimum atomic E-state index is -0.244. The summed E-state index contributed by atoms with van der Waals surface area (Å²) in [6, 6.07) is 18.1. The molecule has 168 valence electrons. The van der Waals surface area contributed by atoms with Crippen LogP contribution in [0.15, 0.2) is 75.0 Å². The van der Waals surface area contributed by atoms with Crippen LogP contribution >= 0.6 is 39.1 Å². The van der Waals surface area contributed by atoms with Crippen molar-refractivity contribution in [2.75, 3.05) is 0 Å². The lowest BCUT2D eigenvalue weighted by Gasteiger charge is -2.13. The number of benzene rings is 3. The molecule has 4 aromatic rings. The van der Waals surface area contributed by atoms with E-state index >= 15 is 0 Å². The minimum Gasteiger partial charge on any atom is -0.488 e. The normalized spacial score (nSPS) is 11.6. The van der Waals surface area contributed by atoms with Gasteiger partial charge in [0.1, 0.15) is 18.2 Å². The first kappa shape index (κ1) is 23.5. The lowest BCUT2D eigenvalue weighted by molar-refractivity contribution is 0.306. The molecule has 0 aliphatic heterocycles. The lowest BCUT2D eigenvalue weighted by Crippen LogP contribution is -2.23. The van der Waals surface area contributed by atoms with Gasteiger partial charge in [-0.05, 0) is 54.1 Å². The zero-order chi connectivity index (χ0) is 23.5. The van der Waals surface area contributed by atoms with Crippen LogP contribution in [0, 0.1) is 0 Å². The van der Waals surface area contributed by atoms with Crippen LogP contribution in [0.2, 0.25) is 10.0 Å². The van der Waals surface area contributed by atoms with Crippen LogP contribution in [0.25, 0.3) is 10.9 Å². The maximum atomic E-state index is 13.2. The van der Waals surface area contributed by atoms with Crippen LogP contribution in [0.1, 0.15) is 36.7 Å². The average molecular weight is 545 g/mol. The molecule has 0 spiro atoms. The van der Waals surface area contributed by atoms with E-state index in [-0.39, 0.29) is 11.5 Å². The summed E-state index contributed by atoms with van der Waals surface area (Å²) in [5.74, 6) is 1.15. The summed E-state index contributed by atoms with van der Waals surface area (Å²) in [6.07, 6.45) is 1.57. The Morgan fingerprint density at radius 2 is 1.79 bits per heavy atom. The predicted molar refractivity (Wildman–Crippen MR) is 138 cm³/mol. The molecule has 5 nitrogen and oxygen atoms in total. The molecule has 3 aromatic carbocycles. The Labute approximate surface area is 209 Å². The Morgan fingerprint density at radius 1 is 1.06 bits per heavy atom. The highest BCUT2D eigenvalue weighted by atomic mass is 79.9. The first-order chi connectivity index (χ1) is 15.8. The van der Waals surface area contributed by atoms with Crippen molar-refractivity contribution in [2.24, 2.45) is 5.10 Å². The van der Waals surface area contributed by atoms with Gasteiger partial charge >= 0.3 is 0 Å². The number of halogens is 3. The molecule has 33 heavy (non-hydrogen) atoms. The summed E-state index contributed by atoms with van der Waals surface area (Å²) in [5, 5.41) is 6.17. The standard InChI is InChI=1S/C25H20BrCl2N3O2/c1-15(2)24-30-22-9-5-18(26)12-21(22)25(32)31(24)29-13-17-11-20(28)8-10-23(17)33-14-16-3-6-19(27)7-4-16/h3-13,15H,14H2,1-2H3. The maximum absolute atomic E-state index is 13.2. The van der Waals surface area contributed by atoms with Gasteiger partial charge in [0.05, 0.1) is 17.1 Å². The molecule has 0 fully saturated rings. The molecular weight excluding hydrogens is 525 g/mol. The summed E-state index contributed by atoms with van der Waals surface area (Å²) in [7, 11) is 0. The molecule has 4 rings (SSSR count). The molecule has 1 heterocycles. The Bertz CT molecular complexity index is 1400. The third-order valence-electron chi connectivity index (χ3n) is 4.94. The predicted octanol–water partition coefficient (Wildman–Crippen LogP) is 7.05. The van der Waals surface area contributed by atoms with Gasteiger partial charge in [-0.25, -0.2) is 4.98 Å². The van der Waals surface area contributed by atoms with Gasteiger partial charge < -0.3 is 4.74 Å². The van der Waals surface area contributed by atoms with Crippen LogP contribution < -0.4 is 10.3 Å². The molecule has 0 aliphatic rings. The van der Waals surface area contributed by atoms with Crippen molar-refractivity contribution in [2.45, 2.75) is 26.4 Å². The third-order valence-corrected chi connectivity index (χ3v) is 5.92. The van der Waals surface area contributed by atoms with Crippen LogP contribution in [0.4, 0.5) is 0 Å². The highest BCUT2D eigenvalue weighted by molar-refractivity contribution is 9.10. The second-order valence-electron chi connectivity index (χ2n) is 7.74. The van der Waals surface area contributed by atoms with Gasteiger partial charge in [0.2, 0.25) is 0 Å². The second-order valence-corrected chi connectivity index (χ2v) is 9.53. The number of hydrogen-bond donors (Lipinski definition) is 0. The van der Waals surface area contributed by atoms with Gasteiger partial charge in [0.15, 0.2) is 0 Å². The Balaban J connectivity index is 1.72. The molecule has 0 amide bonds. The number of hydrogen-bond acceptors (Lipinski definition) is 4. The van der Waals surface area contributed by atoms with Crippen LogP contribution in [0.3, 0.4) is 0 Å². The molecule has 0 N–H and O–H groups in total. The molecule has 0 saturated carbocycles. The maximum Gasteiger partial charge on any atom is 0.282 e. The second kappa shape index (κ2) is 10.1. The van der Waals surface area contributed by atoms with Crippen LogP contribution in [-0.4, -0.2) is 15.9 Å². The van der Waals surface area contributed by atoms with Gasteiger partial charge in [0, 0.05) is 26.0 Å². The highest BCUT2D eigenvalue weighted by Gasteiger charge is 2.14. The summed E-state index contributed by atoms with van der Waals surface area (Å²) in [5.41, 5.74) is 2.01. The van der Waals surface area contributed by atoms with E-state index in [2.05, 4.69) is 26.0 Å². The van der Waals surface area contributed by atoms with Gasteiger partial charge in [-0.15, -0.1) is 0 Å². The molecule has 0 atom stereocenters. The van der Waals surface area contributed by atoms with Crippen LogP contribution in [0.5, 0.6) is 5.75 Å². The fraction of sp³-hybridized carbons (Fsp3) is 0.160. The summed E-state index contributed by atoms with van der Waals surface area (Å²) in [6.45, 7) is 4.29. The van der Waals surface area contributed by atoms with Crippen molar-refractivity contribution in [1.29, 1.82) is 0 Å². The lowest BCUT2D eigenvalue weighted by atomic mass is 10.2. The molecule has 0 radical (unpaired) electrons. The monoisotopic (exact) mass is 543 g/mol. The fourth-order valence-electron chi connectivity index (χ4n) is 3.26. The number of rotatable bonds is 6. The van der Waals surface area contributed by atoms with Crippen molar-refractivity contribution in [3.63, 3.8) is 0 Å². The van der Waals surface area contributed by atoms with E-state index < -0.39 is 0 Å². The fourth-order valence-corrected chi connectivity index (χ4v) is 3.93. The summed E-state index contributed by atoms with van der Waals surface area (Å²) in [4.78, 5) is 17.9. The van der Waals surface area contributed by atoms with Gasteiger partial charge in [-0.3, -0.25) is 4.79 Å². The quantitative estimate of drug-likeness (QED) is 0.244. The molecule has 0 saturated heterocycles. The number of nitrogens with zero attached hydrogens (tertiary/aromatic N) is 3. The zero-order valence-electron chi connectivity index (χ0n) is 17.9. The van der Waals surface area contributed by atoms with E-state index in [9.17, 15) is 4.79 Å². The van der Waals surface area contributed by atoms with Crippen molar-refractivity contribution in [3.05, 3.63) is 102 Å². The summed E-state index contributed by atoms with van der Waals surface area (Å²) >= 11 is 15.6. The topological polar surface area (TPSA) is 56.5 Å². The molecule has 0 bridgehead atoms. The summed E-state index contributed by atoms with van der Waals surface area (Å²) < 4.78 is 8.14. The van der Waals surface area contributed by atoms with Crippen molar-refractivity contribution in [3.8, 4) is 5.75 Å². The first-order valence-electron chi connectivity index (χ1n) is 10.2. The Hall–Kier alpha value is -2.67. The number of aromatic nitrogens is 2. The number of ether oxygens (including phenoxy) is 1. The Morgan fingerprint density at radius 3 is 2.52 bits per heavy atom. The molecule has 8 heteroatoms. The van der Waals surface area contributed by atoms with E-state index in [0.29, 0.717) is 44.7 Å². The smallest absolute Gasteiger partial charge is 0.282 e. The van der Waals surface area contributed by atoms with Crippen molar-refractivity contribution < 1.29 is 4.74 Å². The van der Waals surface area contributed by atoms with E-state index in [1.165, 1.54) is 4.68 Å². The third kappa shape index (κ3) is 5.46. The average Bonchev–Trinajstić information content (AvgIpc) is 2.79. The number of fused-ring (bicyclic) bond motifs is 1. The molecular formula is C25H20BrCl2N3O2. The van der Waals surface area contributed by atoms with Crippen molar-refractivity contribution >= 4 is 56.2 Å². The largest absolute Gasteiger partial charge is 0.488 e. The van der Waals surface area contributed by atoms with E-state index in [4.69, 9.17) is 27.9 Å². The van der Waals surface area contributed by atoms with Crippen molar-refractivity contribution in [1.82, 2.24) is 9.66 Å². The minimum absolute atomic E-state index is 0.0112. The van der Waals surface area contributed by atoms with E-state index in [1.54, 1.807) is 30.5 Å². The van der Waals surface area contributed by atoms with Gasteiger partial charge in [-0.2, -0.15) is 9.78 Å². The first-order valence-corrected chi connectivity index (χ1v) is 11.8. The SMILES string of the molecule is CC(C)c1nc2ccc(Br)cc2c(=O)n1N=Cc1cc(Cl)ccc1OCc1ccc(Cl)cc1.